The Morgan fingerprint density at radius 3 is 3.09 bits per heavy atom. The highest BCUT2D eigenvalue weighted by Crippen LogP contribution is 2.24. The van der Waals surface area contributed by atoms with Crippen LogP contribution >= 0.6 is 11.8 Å². The summed E-state index contributed by atoms with van der Waals surface area (Å²) in [5, 5.41) is 4.19. The topological polar surface area (TPSA) is 36.9 Å². The Morgan fingerprint density at radius 2 is 2.41 bits per heavy atom. The maximum atomic E-state index is 5.36. The number of hydrogen-bond acceptors (Lipinski definition) is 3. The van der Waals surface area contributed by atoms with Crippen molar-refractivity contribution >= 4 is 17.7 Å². The molecule has 0 amide bonds. The second-order valence-electron chi connectivity index (χ2n) is 6.27. The number of hydrogen-bond donors (Lipinski definition) is 1. The van der Waals surface area contributed by atoms with Crippen LogP contribution in [0.4, 0.5) is 0 Å². The van der Waals surface area contributed by atoms with Crippen molar-refractivity contribution in [3.05, 3.63) is 11.6 Å². The summed E-state index contributed by atoms with van der Waals surface area (Å²) in [5.41, 5.74) is 1.50. The molecule has 0 aliphatic carbocycles. The van der Waals surface area contributed by atoms with E-state index in [0.29, 0.717) is 0 Å². The van der Waals surface area contributed by atoms with Gasteiger partial charge in [0.25, 0.3) is 0 Å². The van der Waals surface area contributed by atoms with E-state index in [1.165, 1.54) is 11.3 Å². The van der Waals surface area contributed by atoms with Gasteiger partial charge in [0.2, 0.25) is 0 Å². The molecule has 0 spiro atoms. The Balaban J connectivity index is 1.89. The van der Waals surface area contributed by atoms with Gasteiger partial charge in [-0.3, -0.25) is 4.99 Å². The molecule has 1 N–H and O–H groups in total. The predicted octanol–water partition coefficient (Wildman–Crippen LogP) is 2.76. The molecule has 5 heteroatoms. The number of aliphatic imine (C=N–C) groups is 1. The van der Waals surface area contributed by atoms with Crippen LogP contribution in [0.25, 0.3) is 0 Å². The molecular weight excluding hydrogens is 294 g/mol. The van der Waals surface area contributed by atoms with Crippen LogP contribution in [0.3, 0.4) is 0 Å². The Kier molecular flexibility index (Phi) is 7.60. The van der Waals surface area contributed by atoms with E-state index in [4.69, 9.17) is 9.73 Å². The van der Waals surface area contributed by atoms with Gasteiger partial charge in [-0.1, -0.05) is 25.5 Å². The molecule has 0 aromatic heterocycles. The monoisotopic (exact) mass is 325 g/mol. The number of ether oxygens (including phenoxy) is 1. The molecule has 2 aliphatic rings. The van der Waals surface area contributed by atoms with E-state index >= 15 is 0 Å². The second-order valence-corrected chi connectivity index (χ2v) is 7.62. The molecule has 2 heterocycles. The first-order chi connectivity index (χ1) is 10.7. The maximum absolute atomic E-state index is 5.36. The Hall–Kier alpha value is -0.680. The van der Waals surface area contributed by atoms with Gasteiger partial charge in [-0.25, -0.2) is 0 Å². The molecule has 4 nitrogen and oxygen atoms in total. The number of nitrogens with zero attached hydrogens (tertiary/aromatic N) is 2. The molecule has 1 fully saturated rings. The van der Waals surface area contributed by atoms with E-state index in [2.05, 4.69) is 48.8 Å². The van der Waals surface area contributed by atoms with Crippen LogP contribution in [0.15, 0.2) is 16.6 Å². The quantitative estimate of drug-likeness (QED) is 0.479. The van der Waals surface area contributed by atoms with E-state index in [1.54, 1.807) is 0 Å². The molecule has 1 unspecified atom stereocenters. The predicted molar refractivity (Wildman–Crippen MR) is 96.8 cm³/mol. The fourth-order valence-electron chi connectivity index (χ4n) is 2.79. The van der Waals surface area contributed by atoms with Crippen LogP contribution in [-0.2, 0) is 4.74 Å². The number of thioether (sulfide) groups is 1. The Morgan fingerprint density at radius 1 is 1.55 bits per heavy atom. The summed E-state index contributed by atoms with van der Waals surface area (Å²) in [6.07, 6.45) is 4.36. The van der Waals surface area contributed by atoms with Gasteiger partial charge in [0.05, 0.1) is 13.2 Å². The summed E-state index contributed by atoms with van der Waals surface area (Å²) in [4.78, 5) is 7.31. The van der Waals surface area contributed by atoms with Crippen LogP contribution < -0.4 is 5.32 Å². The van der Waals surface area contributed by atoms with Gasteiger partial charge in [-0.2, -0.15) is 11.8 Å². The molecule has 1 atom stereocenters. The van der Waals surface area contributed by atoms with Crippen LogP contribution in [0, 0.1) is 5.92 Å². The van der Waals surface area contributed by atoms with E-state index < -0.39 is 0 Å². The molecule has 0 aromatic carbocycles. The smallest absolute Gasteiger partial charge is 0.193 e. The van der Waals surface area contributed by atoms with Crippen LogP contribution in [0.1, 0.15) is 33.6 Å². The van der Waals surface area contributed by atoms with Gasteiger partial charge >= 0.3 is 0 Å². The van der Waals surface area contributed by atoms with Crippen molar-refractivity contribution < 1.29 is 4.74 Å². The Labute approximate surface area is 139 Å². The number of guanidine groups is 1. The molecule has 0 saturated carbocycles. The van der Waals surface area contributed by atoms with Gasteiger partial charge in [0.15, 0.2) is 5.96 Å². The van der Waals surface area contributed by atoms with E-state index in [-0.39, 0.29) is 0 Å². The summed E-state index contributed by atoms with van der Waals surface area (Å²) >= 11 is 2.11. The first kappa shape index (κ1) is 17.7. The zero-order chi connectivity index (χ0) is 15.8. The fraction of sp³-hybridized carbons (Fsp3) is 0.824. The standard InChI is InChI=1S/C17H31N3OS/c1-4-18-17(19-8-5-15-6-10-21-11-7-15)20-9-12-22-16(13-20)14(2)3/h6,14,16H,4-5,7-13H2,1-3H3,(H,18,19). The summed E-state index contributed by atoms with van der Waals surface area (Å²) < 4.78 is 5.36. The third-order valence-electron chi connectivity index (χ3n) is 4.22. The van der Waals surface area contributed by atoms with E-state index in [9.17, 15) is 0 Å². The highest BCUT2D eigenvalue weighted by atomic mass is 32.2. The highest BCUT2D eigenvalue weighted by Gasteiger charge is 2.24. The summed E-state index contributed by atoms with van der Waals surface area (Å²) in [7, 11) is 0. The summed E-state index contributed by atoms with van der Waals surface area (Å²) in [6.45, 7) is 12.5. The fourth-order valence-corrected chi connectivity index (χ4v) is 4.09. The van der Waals surface area contributed by atoms with Gasteiger partial charge < -0.3 is 15.0 Å². The lowest BCUT2D eigenvalue weighted by Crippen LogP contribution is -2.49. The van der Waals surface area contributed by atoms with Crippen molar-refractivity contribution in [1.29, 1.82) is 0 Å². The minimum atomic E-state index is 0.718. The minimum Gasteiger partial charge on any atom is -0.377 e. The normalized spacial score (nSPS) is 23.6. The van der Waals surface area contributed by atoms with E-state index in [0.717, 1.165) is 69.4 Å². The van der Waals surface area contributed by atoms with Crippen LogP contribution in [0.2, 0.25) is 0 Å². The molecule has 22 heavy (non-hydrogen) atoms. The van der Waals surface area contributed by atoms with Crippen molar-refractivity contribution in [3.8, 4) is 0 Å². The molecule has 126 valence electrons. The molecule has 2 rings (SSSR count). The average molecular weight is 326 g/mol. The largest absolute Gasteiger partial charge is 0.377 e. The first-order valence-corrected chi connectivity index (χ1v) is 9.66. The van der Waals surface area contributed by atoms with Gasteiger partial charge in [-0.15, -0.1) is 0 Å². The third-order valence-corrected chi connectivity index (χ3v) is 5.76. The summed E-state index contributed by atoms with van der Waals surface area (Å²) in [6, 6.07) is 0. The third kappa shape index (κ3) is 5.51. The lowest BCUT2D eigenvalue weighted by atomic mass is 10.1. The second kappa shape index (κ2) is 9.46. The molecule has 2 aliphatic heterocycles. The Bertz CT molecular complexity index is 395. The molecule has 0 aromatic rings. The molecule has 1 saturated heterocycles. The lowest BCUT2D eigenvalue weighted by molar-refractivity contribution is 0.153. The van der Waals surface area contributed by atoms with Crippen molar-refractivity contribution in [2.45, 2.75) is 38.9 Å². The number of rotatable bonds is 5. The molecule has 0 bridgehead atoms. The van der Waals surface area contributed by atoms with Gasteiger partial charge in [0.1, 0.15) is 0 Å². The average Bonchev–Trinajstić information content (AvgIpc) is 2.55. The molecular formula is C17H31N3OS. The maximum Gasteiger partial charge on any atom is 0.193 e. The van der Waals surface area contributed by atoms with E-state index in [1.807, 2.05) is 0 Å². The van der Waals surface area contributed by atoms with Crippen molar-refractivity contribution in [3.63, 3.8) is 0 Å². The van der Waals surface area contributed by atoms with Gasteiger partial charge in [-0.05, 0) is 25.7 Å². The minimum absolute atomic E-state index is 0.718. The number of nitrogens with one attached hydrogen (secondary N) is 1. The zero-order valence-electron chi connectivity index (χ0n) is 14.3. The van der Waals surface area contributed by atoms with Crippen LogP contribution in [-0.4, -0.2) is 61.3 Å². The highest BCUT2D eigenvalue weighted by molar-refractivity contribution is 8.00. The SMILES string of the molecule is CCNC(=NCCC1=CCOCC1)N1CCSC(C(C)C)C1. The first-order valence-electron chi connectivity index (χ1n) is 8.61. The zero-order valence-corrected chi connectivity index (χ0v) is 15.1. The van der Waals surface area contributed by atoms with Crippen molar-refractivity contribution in [1.82, 2.24) is 10.2 Å². The lowest BCUT2D eigenvalue weighted by Gasteiger charge is -2.36. The van der Waals surface area contributed by atoms with Crippen molar-refractivity contribution in [2.75, 3.05) is 45.1 Å². The van der Waals surface area contributed by atoms with Gasteiger partial charge in [0, 0.05) is 37.2 Å². The van der Waals surface area contributed by atoms with Crippen LogP contribution in [0.5, 0.6) is 0 Å². The molecule has 0 radical (unpaired) electrons. The summed E-state index contributed by atoms with van der Waals surface area (Å²) in [5.74, 6) is 3.03. The van der Waals surface area contributed by atoms with Crippen molar-refractivity contribution in [2.24, 2.45) is 10.9 Å².